The second-order valence-corrected chi connectivity index (χ2v) is 11.0. The first-order valence-electron chi connectivity index (χ1n) is 9.32. The number of nitrogens with zero attached hydrogens (tertiary/aromatic N) is 3. The van der Waals surface area contributed by atoms with Crippen LogP contribution in [-0.2, 0) is 16.4 Å². The maximum atomic E-state index is 13.3. The van der Waals surface area contributed by atoms with E-state index in [2.05, 4.69) is 9.88 Å². The topological polar surface area (TPSA) is 53.5 Å². The van der Waals surface area contributed by atoms with Crippen molar-refractivity contribution >= 4 is 61.3 Å². The lowest BCUT2D eigenvalue weighted by Gasteiger charge is -2.33. The lowest BCUT2D eigenvalue weighted by molar-refractivity contribution is 0.384. The normalized spacial score (nSPS) is 15.4. The van der Waals surface area contributed by atoms with Crippen molar-refractivity contribution in [1.82, 2.24) is 9.29 Å². The molecule has 164 valence electrons. The van der Waals surface area contributed by atoms with Crippen LogP contribution in [0, 0.1) is 5.82 Å². The molecule has 1 aliphatic heterocycles. The van der Waals surface area contributed by atoms with Gasteiger partial charge in [0.05, 0.1) is 15.7 Å². The fourth-order valence-electron chi connectivity index (χ4n) is 3.32. The summed E-state index contributed by atoms with van der Waals surface area (Å²) in [5, 5.41) is 3.36. The maximum Gasteiger partial charge on any atom is 0.244 e. The fraction of sp³-hybridized carbons (Fsp3) is 0.250. The highest BCUT2D eigenvalue weighted by molar-refractivity contribution is 7.89. The Hall–Kier alpha value is -1.42. The molecule has 1 saturated heterocycles. The summed E-state index contributed by atoms with van der Waals surface area (Å²) >= 11 is 19.3. The summed E-state index contributed by atoms with van der Waals surface area (Å²) in [5.74, 6) is -0.447. The molecule has 1 fully saturated rings. The summed E-state index contributed by atoms with van der Waals surface area (Å²) < 4.78 is 40.7. The molecule has 0 bridgehead atoms. The van der Waals surface area contributed by atoms with Gasteiger partial charge in [0.25, 0.3) is 0 Å². The Morgan fingerprint density at radius 2 is 1.74 bits per heavy atom. The second-order valence-electron chi connectivity index (χ2n) is 7.01. The van der Waals surface area contributed by atoms with Crippen molar-refractivity contribution in [3.63, 3.8) is 0 Å². The van der Waals surface area contributed by atoms with Crippen LogP contribution >= 0.6 is 46.1 Å². The number of sulfonamides is 1. The number of halogens is 4. The Morgan fingerprint density at radius 3 is 2.42 bits per heavy atom. The molecule has 0 amide bonds. The van der Waals surface area contributed by atoms with Crippen LogP contribution in [0.25, 0.3) is 0 Å². The molecule has 11 heteroatoms. The van der Waals surface area contributed by atoms with Crippen molar-refractivity contribution in [3.8, 4) is 0 Å². The number of benzene rings is 2. The SMILES string of the molecule is O=S(=O)(c1ccc(Cl)cc1Cl)N1CCN(c2nc(Cc3ccc(F)c(Cl)c3)cs2)CC1. The van der Waals surface area contributed by atoms with Gasteiger partial charge in [-0.05, 0) is 35.9 Å². The minimum atomic E-state index is -3.70. The largest absolute Gasteiger partial charge is 0.345 e. The molecule has 3 aromatic rings. The van der Waals surface area contributed by atoms with Gasteiger partial charge in [-0.15, -0.1) is 11.3 Å². The van der Waals surface area contributed by atoms with E-state index in [-0.39, 0.29) is 14.9 Å². The minimum Gasteiger partial charge on any atom is -0.345 e. The number of aromatic nitrogens is 1. The van der Waals surface area contributed by atoms with Crippen LogP contribution in [0.15, 0.2) is 46.7 Å². The summed E-state index contributed by atoms with van der Waals surface area (Å²) in [6, 6.07) is 9.01. The van der Waals surface area contributed by atoms with Crippen LogP contribution in [-0.4, -0.2) is 43.9 Å². The number of thiazole rings is 1. The van der Waals surface area contributed by atoms with Gasteiger partial charge >= 0.3 is 0 Å². The molecule has 4 rings (SSSR count). The minimum absolute atomic E-state index is 0.0570. The summed E-state index contributed by atoms with van der Waals surface area (Å²) in [6.45, 7) is 1.67. The molecule has 0 unspecified atom stereocenters. The van der Waals surface area contributed by atoms with Gasteiger partial charge in [-0.2, -0.15) is 4.31 Å². The zero-order valence-electron chi connectivity index (χ0n) is 16.1. The summed E-state index contributed by atoms with van der Waals surface area (Å²) in [4.78, 5) is 6.77. The zero-order valence-corrected chi connectivity index (χ0v) is 20.0. The molecule has 1 aliphatic rings. The quantitative estimate of drug-likeness (QED) is 0.455. The van der Waals surface area contributed by atoms with Crippen molar-refractivity contribution < 1.29 is 12.8 Å². The number of hydrogen-bond acceptors (Lipinski definition) is 5. The third-order valence-electron chi connectivity index (χ3n) is 4.93. The molecule has 0 atom stereocenters. The van der Waals surface area contributed by atoms with E-state index in [9.17, 15) is 12.8 Å². The predicted molar refractivity (Wildman–Crippen MR) is 124 cm³/mol. The number of piperazine rings is 1. The first-order chi connectivity index (χ1) is 14.7. The van der Waals surface area contributed by atoms with Crippen LogP contribution in [0.4, 0.5) is 9.52 Å². The van der Waals surface area contributed by atoms with Gasteiger partial charge in [0.2, 0.25) is 10.0 Å². The smallest absolute Gasteiger partial charge is 0.244 e. The van der Waals surface area contributed by atoms with Crippen molar-refractivity contribution in [3.05, 3.63) is 73.9 Å². The zero-order chi connectivity index (χ0) is 22.2. The third kappa shape index (κ3) is 4.99. The molecule has 0 N–H and O–H groups in total. The summed E-state index contributed by atoms with van der Waals surface area (Å²) in [7, 11) is -3.70. The monoisotopic (exact) mass is 519 g/mol. The van der Waals surface area contributed by atoms with E-state index in [1.807, 2.05) is 5.38 Å². The van der Waals surface area contributed by atoms with E-state index >= 15 is 0 Å². The van der Waals surface area contributed by atoms with Gasteiger partial charge in [0.1, 0.15) is 10.7 Å². The van der Waals surface area contributed by atoms with E-state index in [4.69, 9.17) is 34.8 Å². The van der Waals surface area contributed by atoms with E-state index < -0.39 is 15.8 Å². The van der Waals surface area contributed by atoms with Gasteiger partial charge in [-0.1, -0.05) is 40.9 Å². The lowest BCUT2D eigenvalue weighted by atomic mass is 10.1. The Morgan fingerprint density at radius 1 is 1.00 bits per heavy atom. The predicted octanol–water partition coefficient (Wildman–Crippen LogP) is 5.34. The molecular formula is C20H17Cl3FN3O2S2. The first-order valence-corrected chi connectivity index (χ1v) is 12.8. The molecular weight excluding hydrogens is 504 g/mol. The molecule has 0 spiro atoms. The van der Waals surface area contributed by atoms with E-state index in [0.717, 1.165) is 16.4 Å². The third-order valence-corrected chi connectivity index (χ3v) is 8.79. The number of hydrogen-bond donors (Lipinski definition) is 0. The van der Waals surface area contributed by atoms with E-state index in [1.54, 1.807) is 12.1 Å². The second kappa shape index (κ2) is 9.21. The fourth-order valence-corrected chi connectivity index (χ4v) is 6.58. The van der Waals surface area contributed by atoms with Crippen molar-refractivity contribution in [1.29, 1.82) is 0 Å². The van der Waals surface area contributed by atoms with Crippen molar-refractivity contribution in [2.75, 3.05) is 31.1 Å². The average molecular weight is 521 g/mol. The Labute approximate surface area is 199 Å². The standard InChI is InChI=1S/C20H17Cl3FN3O2S2/c21-14-2-4-19(17(23)11-14)31(28,29)27-7-5-26(6-8-27)20-25-15(12-30-20)9-13-1-3-18(24)16(22)10-13/h1-4,10-12H,5-9H2. The highest BCUT2D eigenvalue weighted by atomic mass is 35.5. The van der Waals surface area contributed by atoms with Crippen LogP contribution in [0.1, 0.15) is 11.3 Å². The molecule has 1 aromatic heterocycles. The lowest BCUT2D eigenvalue weighted by Crippen LogP contribution is -2.48. The molecule has 2 heterocycles. The molecule has 2 aromatic carbocycles. The molecule has 5 nitrogen and oxygen atoms in total. The van der Waals surface area contributed by atoms with Gasteiger partial charge in [-0.25, -0.2) is 17.8 Å². The van der Waals surface area contributed by atoms with Gasteiger partial charge in [0.15, 0.2) is 5.13 Å². The highest BCUT2D eigenvalue weighted by Crippen LogP contribution is 2.30. The van der Waals surface area contributed by atoms with Gasteiger partial charge in [-0.3, -0.25) is 0 Å². The van der Waals surface area contributed by atoms with Crippen LogP contribution in [0.2, 0.25) is 15.1 Å². The molecule has 31 heavy (non-hydrogen) atoms. The average Bonchev–Trinajstić information content (AvgIpc) is 3.19. The van der Waals surface area contributed by atoms with Crippen LogP contribution in [0.5, 0.6) is 0 Å². The van der Waals surface area contributed by atoms with Crippen molar-refractivity contribution in [2.24, 2.45) is 0 Å². The van der Waals surface area contributed by atoms with Gasteiger partial charge < -0.3 is 4.90 Å². The Kier molecular flexibility index (Phi) is 6.76. The molecule has 0 saturated carbocycles. The maximum absolute atomic E-state index is 13.3. The number of anilines is 1. The van der Waals surface area contributed by atoms with E-state index in [1.165, 1.54) is 39.9 Å². The summed E-state index contributed by atoms with van der Waals surface area (Å²) in [5.41, 5.74) is 1.73. The van der Waals surface area contributed by atoms with Gasteiger partial charge in [0, 0.05) is 43.0 Å². The Bertz CT molecular complexity index is 1210. The summed E-state index contributed by atoms with van der Waals surface area (Å²) in [6.07, 6.45) is 0.542. The van der Waals surface area contributed by atoms with Crippen LogP contribution in [0.3, 0.4) is 0 Å². The highest BCUT2D eigenvalue weighted by Gasteiger charge is 2.31. The molecule has 0 aliphatic carbocycles. The Balaban J connectivity index is 1.41. The first kappa shape index (κ1) is 22.8. The van der Waals surface area contributed by atoms with E-state index in [0.29, 0.717) is 37.6 Å². The van der Waals surface area contributed by atoms with Crippen molar-refractivity contribution in [2.45, 2.75) is 11.3 Å². The van der Waals surface area contributed by atoms with Crippen LogP contribution < -0.4 is 4.90 Å². The number of rotatable bonds is 5. The molecule has 0 radical (unpaired) electrons.